The molecule has 0 N–H and O–H groups in total. The summed E-state index contributed by atoms with van der Waals surface area (Å²) in [7, 11) is 0. The molecule has 1 aromatic carbocycles. The van der Waals surface area contributed by atoms with Gasteiger partial charge in [0, 0.05) is 50.9 Å². The van der Waals surface area contributed by atoms with Gasteiger partial charge in [-0.15, -0.1) is 0 Å². The number of alkyl halides is 3. The van der Waals surface area contributed by atoms with Crippen molar-refractivity contribution in [2.75, 3.05) is 39.4 Å². The minimum absolute atomic E-state index is 0.135. The van der Waals surface area contributed by atoms with Crippen LogP contribution in [0.4, 0.5) is 18.0 Å². The van der Waals surface area contributed by atoms with E-state index in [1.165, 1.54) is 12.1 Å². The number of carbonyl (C=O) groups is 2. The fourth-order valence-corrected chi connectivity index (χ4v) is 4.30. The molecular weight excluding hydrogens is 465 g/mol. The number of aromatic nitrogens is 2. The standard InChI is InChI=1S/C22H25F3N4O4.C2H6/c23-22(24,25)18-5-3-15(4-6-18)16-12-17(20-26-19(33-27-20)2-1-9-30)14-29(13-16)21(31)28-7-10-32-11-8-28;1-2/h3-6,9,16-17H,1-2,7-8,10-14H2;1-2H3. The molecule has 2 amide bonds. The van der Waals surface area contributed by atoms with Crippen LogP contribution in [0.2, 0.25) is 0 Å². The second kappa shape index (κ2) is 12.1. The normalized spacial score (nSPS) is 20.7. The number of carbonyl (C=O) groups excluding carboxylic acids is 2. The predicted octanol–water partition coefficient (Wildman–Crippen LogP) is 4.27. The van der Waals surface area contributed by atoms with Crippen LogP contribution in [0.5, 0.6) is 0 Å². The number of hydrogen-bond donors (Lipinski definition) is 0. The monoisotopic (exact) mass is 496 g/mol. The second-order valence-electron chi connectivity index (χ2n) is 8.29. The van der Waals surface area contributed by atoms with Crippen molar-refractivity contribution in [3.05, 3.63) is 47.1 Å². The maximum absolute atomic E-state index is 13.2. The molecule has 2 atom stereocenters. The Labute approximate surface area is 202 Å². The van der Waals surface area contributed by atoms with Crippen LogP contribution in [0, 0.1) is 0 Å². The Balaban J connectivity index is 0.00000167. The third kappa shape index (κ3) is 6.81. The van der Waals surface area contributed by atoms with Crippen LogP contribution in [0.3, 0.4) is 0 Å². The Morgan fingerprint density at radius 1 is 1.09 bits per heavy atom. The van der Waals surface area contributed by atoms with Crippen molar-refractivity contribution in [1.29, 1.82) is 0 Å². The Morgan fingerprint density at radius 2 is 1.74 bits per heavy atom. The summed E-state index contributed by atoms with van der Waals surface area (Å²) in [5.74, 6) is 0.352. The van der Waals surface area contributed by atoms with Gasteiger partial charge in [0.1, 0.15) is 6.29 Å². The number of hydrogen-bond acceptors (Lipinski definition) is 6. The predicted molar refractivity (Wildman–Crippen MR) is 121 cm³/mol. The number of piperidine rings is 1. The molecule has 3 heterocycles. The minimum atomic E-state index is -4.41. The van der Waals surface area contributed by atoms with Crippen molar-refractivity contribution in [1.82, 2.24) is 19.9 Å². The highest BCUT2D eigenvalue weighted by atomic mass is 19.4. The quantitative estimate of drug-likeness (QED) is 0.575. The molecule has 2 aromatic rings. The van der Waals surface area contributed by atoms with Gasteiger partial charge in [0.15, 0.2) is 5.82 Å². The highest BCUT2D eigenvalue weighted by Gasteiger charge is 2.37. The van der Waals surface area contributed by atoms with Gasteiger partial charge in [0.2, 0.25) is 5.89 Å². The molecule has 1 aromatic heterocycles. The third-order valence-electron chi connectivity index (χ3n) is 6.04. The summed E-state index contributed by atoms with van der Waals surface area (Å²) in [5, 5.41) is 4.05. The van der Waals surface area contributed by atoms with Gasteiger partial charge in [0.05, 0.1) is 18.8 Å². The first kappa shape index (κ1) is 26.7. The van der Waals surface area contributed by atoms with E-state index in [4.69, 9.17) is 9.26 Å². The Kier molecular flexibility index (Phi) is 9.25. The summed E-state index contributed by atoms with van der Waals surface area (Å²) in [6.07, 6.45) is -2.47. The maximum Gasteiger partial charge on any atom is 0.416 e. The van der Waals surface area contributed by atoms with Gasteiger partial charge in [0.25, 0.3) is 0 Å². The van der Waals surface area contributed by atoms with Gasteiger partial charge in [-0.25, -0.2) is 4.79 Å². The average molecular weight is 497 g/mol. The Hall–Kier alpha value is -2.95. The molecule has 2 aliphatic rings. The lowest BCUT2D eigenvalue weighted by molar-refractivity contribution is -0.137. The van der Waals surface area contributed by atoms with Crippen molar-refractivity contribution < 1.29 is 32.0 Å². The first-order valence-electron chi connectivity index (χ1n) is 11.9. The van der Waals surface area contributed by atoms with Crippen molar-refractivity contribution in [3.8, 4) is 0 Å². The fourth-order valence-electron chi connectivity index (χ4n) is 4.30. The molecule has 8 nitrogen and oxygen atoms in total. The molecule has 0 saturated carbocycles. The lowest BCUT2D eigenvalue weighted by Crippen LogP contribution is -2.52. The number of halogens is 3. The summed E-state index contributed by atoms with van der Waals surface area (Å²) in [6, 6.07) is 4.94. The SMILES string of the molecule is CC.O=CCCc1nc(C2CC(c3ccc(C(F)(F)F)cc3)CN(C(=O)N3CCOCC3)C2)no1. The van der Waals surface area contributed by atoms with E-state index in [9.17, 15) is 22.8 Å². The number of aldehydes is 1. The molecule has 0 bridgehead atoms. The Bertz CT molecular complexity index is 958. The molecule has 11 heteroatoms. The van der Waals surface area contributed by atoms with E-state index in [-0.39, 0.29) is 24.3 Å². The molecule has 0 radical (unpaired) electrons. The van der Waals surface area contributed by atoms with E-state index < -0.39 is 11.7 Å². The molecular formula is C24H31F3N4O4. The molecule has 0 spiro atoms. The molecule has 4 rings (SSSR count). The maximum atomic E-state index is 13.2. The summed E-state index contributed by atoms with van der Waals surface area (Å²) in [4.78, 5) is 31.6. The number of ether oxygens (including phenoxy) is 1. The van der Waals surface area contributed by atoms with E-state index in [1.54, 1.807) is 9.80 Å². The van der Waals surface area contributed by atoms with E-state index >= 15 is 0 Å². The van der Waals surface area contributed by atoms with Crippen LogP contribution >= 0.6 is 0 Å². The summed E-state index contributed by atoms with van der Waals surface area (Å²) in [5.41, 5.74) is 0.00926. The summed E-state index contributed by atoms with van der Waals surface area (Å²) >= 11 is 0. The topological polar surface area (TPSA) is 88.8 Å². The lowest BCUT2D eigenvalue weighted by atomic mass is 9.84. The smallest absolute Gasteiger partial charge is 0.378 e. The van der Waals surface area contributed by atoms with Crippen LogP contribution in [0.15, 0.2) is 28.8 Å². The highest BCUT2D eigenvalue weighted by molar-refractivity contribution is 5.75. The largest absolute Gasteiger partial charge is 0.416 e. The fraction of sp³-hybridized carbons (Fsp3) is 0.583. The van der Waals surface area contributed by atoms with Crippen LogP contribution < -0.4 is 0 Å². The van der Waals surface area contributed by atoms with Gasteiger partial charge in [-0.05, 0) is 24.1 Å². The number of nitrogens with zero attached hydrogens (tertiary/aromatic N) is 4. The number of benzene rings is 1. The van der Waals surface area contributed by atoms with Crippen molar-refractivity contribution in [2.24, 2.45) is 0 Å². The second-order valence-corrected chi connectivity index (χ2v) is 8.29. The zero-order valence-electron chi connectivity index (χ0n) is 20.0. The number of rotatable bonds is 5. The first-order valence-corrected chi connectivity index (χ1v) is 11.9. The first-order chi connectivity index (χ1) is 16.8. The number of urea groups is 1. The van der Waals surface area contributed by atoms with Crippen LogP contribution in [-0.2, 0) is 22.1 Å². The van der Waals surface area contributed by atoms with E-state index in [1.807, 2.05) is 13.8 Å². The van der Waals surface area contributed by atoms with Crippen LogP contribution in [0.1, 0.15) is 61.4 Å². The zero-order valence-corrected chi connectivity index (χ0v) is 20.0. The lowest BCUT2D eigenvalue weighted by Gasteiger charge is -2.40. The van der Waals surface area contributed by atoms with Crippen molar-refractivity contribution in [3.63, 3.8) is 0 Å². The van der Waals surface area contributed by atoms with Gasteiger partial charge >= 0.3 is 12.2 Å². The zero-order chi connectivity index (χ0) is 25.4. The van der Waals surface area contributed by atoms with Crippen molar-refractivity contribution >= 4 is 12.3 Å². The van der Waals surface area contributed by atoms with E-state index in [0.717, 1.165) is 24.0 Å². The Morgan fingerprint density at radius 3 is 2.37 bits per heavy atom. The van der Waals surface area contributed by atoms with Gasteiger partial charge in [-0.1, -0.05) is 31.1 Å². The molecule has 2 aliphatic heterocycles. The summed E-state index contributed by atoms with van der Waals surface area (Å²) < 4.78 is 49.6. The van der Waals surface area contributed by atoms with E-state index in [0.29, 0.717) is 63.9 Å². The van der Waals surface area contributed by atoms with Gasteiger partial charge < -0.3 is 23.9 Å². The third-order valence-corrected chi connectivity index (χ3v) is 6.04. The van der Waals surface area contributed by atoms with Gasteiger partial charge in [-0.2, -0.15) is 18.2 Å². The number of morpholine rings is 1. The number of aryl methyl sites for hydroxylation is 1. The highest BCUT2D eigenvalue weighted by Crippen LogP contribution is 2.37. The van der Waals surface area contributed by atoms with E-state index in [2.05, 4.69) is 10.1 Å². The minimum Gasteiger partial charge on any atom is -0.378 e. The van der Waals surface area contributed by atoms with Crippen LogP contribution in [-0.4, -0.2) is 71.7 Å². The van der Waals surface area contributed by atoms with Gasteiger partial charge in [-0.3, -0.25) is 0 Å². The molecule has 35 heavy (non-hydrogen) atoms. The number of likely N-dealkylation sites (tertiary alicyclic amines) is 1. The molecule has 192 valence electrons. The van der Waals surface area contributed by atoms with Crippen molar-refractivity contribution in [2.45, 2.75) is 51.1 Å². The molecule has 2 unspecified atom stereocenters. The molecule has 2 saturated heterocycles. The summed E-state index contributed by atoms with van der Waals surface area (Å²) in [6.45, 7) is 6.67. The molecule has 0 aliphatic carbocycles. The van der Waals surface area contributed by atoms with Crippen LogP contribution in [0.25, 0.3) is 0 Å². The average Bonchev–Trinajstić information content (AvgIpc) is 3.37. The molecule has 2 fully saturated rings. The number of amides is 2.